The molecule has 7 heteroatoms. The molecular formula is C10H16F3NO3. The summed E-state index contributed by atoms with van der Waals surface area (Å²) in [7, 11) is 0. The van der Waals surface area contributed by atoms with Gasteiger partial charge in [-0.25, -0.2) is 4.79 Å². The zero-order chi connectivity index (χ0) is 12.9. The van der Waals surface area contributed by atoms with Gasteiger partial charge in [0.25, 0.3) is 0 Å². The van der Waals surface area contributed by atoms with Gasteiger partial charge in [-0.3, -0.25) is 0 Å². The van der Waals surface area contributed by atoms with Crippen LogP contribution in [-0.2, 0) is 4.74 Å². The highest BCUT2D eigenvalue weighted by atomic mass is 19.4. The van der Waals surface area contributed by atoms with Crippen LogP contribution in [-0.4, -0.2) is 37.1 Å². The lowest BCUT2D eigenvalue weighted by Gasteiger charge is -2.17. The molecular weight excluding hydrogens is 239 g/mol. The number of hydrogen-bond donors (Lipinski definition) is 2. The maximum absolute atomic E-state index is 11.7. The summed E-state index contributed by atoms with van der Waals surface area (Å²) in [5.41, 5.74) is 0. The van der Waals surface area contributed by atoms with Gasteiger partial charge in [-0.1, -0.05) is 6.42 Å². The third-order valence-corrected chi connectivity index (χ3v) is 2.93. The average Bonchev–Trinajstić information content (AvgIpc) is 2.69. The van der Waals surface area contributed by atoms with Crippen LogP contribution < -0.4 is 5.32 Å². The van der Waals surface area contributed by atoms with E-state index < -0.39 is 18.9 Å². The summed E-state index contributed by atoms with van der Waals surface area (Å²) in [5.74, 6) is 0.247. The second-order valence-corrected chi connectivity index (χ2v) is 4.21. The van der Waals surface area contributed by atoms with Crippen LogP contribution in [0.1, 0.15) is 19.3 Å². The highest BCUT2D eigenvalue weighted by molar-refractivity contribution is 5.67. The number of ether oxygens (including phenoxy) is 1. The van der Waals surface area contributed by atoms with Gasteiger partial charge in [-0.2, -0.15) is 13.2 Å². The average molecular weight is 255 g/mol. The number of carbonyl (C=O) groups excluding carboxylic acids is 1. The van der Waals surface area contributed by atoms with Gasteiger partial charge in [0.1, 0.15) is 0 Å². The lowest BCUT2D eigenvalue weighted by Crippen LogP contribution is -2.34. The standard InChI is InChI=1S/C10H16F3NO3/c11-10(12,13)6-17-9(16)14-4-7-2-1-3-8(7)5-15/h7-8,15H,1-6H2,(H,14,16). The summed E-state index contributed by atoms with van der Waals surface area (Å²) in [5, 5.41) is 11.3. The van der Waals surface area contributed by atoms with Crippen molar-refractivity contribution in [2.45, 2.75) is 25.4 Å². The molecule has 1 aliphatic carbocycles. The SMILES string of the molecule is O=C(NCC1CCCC1CO)OCC(F)(F)F. The van der Waals surface area contributed by atoms with Gasteiger partial charge in [0.05, 0.1) is 0 Å². The lowest BCUT2D eigenvalue weighted by molar-refractivity contribution is -0.160. The van der Waals surface area contributed by atoms with Crippen molar-refractivity contribution in [2.24, 2.45) is 11.8 Å². The van der Waals surface area contributed by atoms with Crippen LogP contribution in [0.25, 0.3) is 0 Å². The third kappa shape index (κ3) is 5.25. The van der Waals surface area contributed by atoms with E-state index in [1.807, 2.05) is 0 Å². The molecule has 1 fully saturated rings. The Bertz CT molecular complexity index is 258. The Balaban J connectivity index is 2.19. The molecule has 4 nitrogen and oxygen atoms in total. The molecule has 2 atom stereocenters. The minimum absolute atomic E-state index is 0.0456. The van der Waals surface area contributed by atoms with Crippen molar-refractivity contribution in [1.29, 1.82) is 0 Å². The summed E-state index contributed by atoms with van der Waals surface area (Å²) in [6.07, 6.45) is -2.84. The molecule has 0 saturated heterocycles. The first-order valence-corrected chi connectivity index (χ1v) is 5.50. The van der Waals surface area contributed by atoms with Gasteiger partial charge in [-0.15, -0.1) is 0 Å². The normalized spacial score (nSPS) is 24.7. The molecule has 0 bridgehead atoms. The fourth-order valence-corrected chi connectivity index (χ4v) is 2.04. The summed E-state index contributed by atoms with van der Waals surface area (Å²) in [6, 6.07) is 0. The molecule has 1 rings (SSSR count). The number of nitrogens with one attached hydrogen (secondary N) is 1. The molecule has 0 heterocycles. The first kappa shape index (κ1) is 14.1. The van der Waals surface area contributed by atoms with E-state index in [4.69, 9.17) is 5.11 Å². The predicted molar refractivity (Wildman–Crippen MR) is 53.3 cm³/mol. The van der Waals surface area contributed by atoms with Crippen molar-refractivity contribution >= 4 is 6.09 Å². The fourth-order valence-electron chi connectivity index (χ4n) is 2.04. The van der Waals surface area contributed by atoms with Gasteiger partial charge >= 0.3 is 12.3 Å². The molecule has 100 valence electrons. The minimum atomic E-state index is -4.50. The van der Waals surface area contributed by atoms with Crippen LogP contribution in [0.3, 0.4) is 0 Å². The number of aliphatic hydroxyl groups is 1. The molecule has 0 radical (unpaired) electrons. The van der Waals surface area contributed by atoms with Crippen molar-refractivity contribution in [2.75, 3.05) is 19.8 Å². The van der Waals surface area contributed by atoms with Crippen LogP contribution in [0.15, 0.2) is 0 Å². The smallest absolute Gasteiger partial charge is 0.422 e. The third-order valence-electron chi connectivity index (χ3n) is 2.93. The topological polar surface area (TPSA) is 58.6 Å². The second kappa shape index (κ2) is 6.09. The van der Waals surface area contributed by atoms with E-state index in [-0.39, 0.29) is 25.0 Å². The molecule has 0 aliphatic heterocycles. The van der Waals surface area contributed by atoms with Gasteiger partial charge in [0, 0.05) is 13.2 Å². The number of amides is 1. The molecule has 17 heavy (non-hydrogen) atoms. The number of carbonyl (C=O) groups is 1. The van der Waals surface area contributed by atoms with Crippen LogP contribution >= 0.6 is 0 Å². The Morgan fingerprint density at radius 3 is 2.59 bits per heavy atom. The number of hydrogen-bond acceptors (Lipinski definition) is 3. The molecule has 2 N–H and O–H groups in total. The Labute approximate surface area is 97.1 Å². The predicted octanol–water partition coefficient (Wildman–Crippen LogP) is 1.68. The van der Waals surface area contributed by atoms with Gasteiger partial charge in [0.15, 0.2) is 6.61 Å². The summed E-state index contributed by atoms with van der Waals surface area (Å²) >= 11 is 0. The summed E-state index contributed by atoms with van der Waals surface area (Å²) in [4.78, 5) is 10.9. The molecule has 1 saturated carbocycles. The molecule has 0 spiro atoms. The van der Waals surface area contributed by atoms with E-state index in [9.17, 15) is 18.0 Å². The van der Waals surface area contributed by atoms with E-state index >= 15 is 0 Å². The number of rotatable bonds is 4. The van der Waals surface area contributed by atoms with Gasteiger partial charge < -0.3 is 15.2 Å². The van der Waals surface area contributed by atoms with E-state index in [1.165, 1.54) is 0 Å². The molecule has 1 aliphatic rings. The number of halogens is 3. The Hall–Kier alpha value is -0.980. The van der Waals surface area contributed by atoms with E-state index in [0.29, 0.717) is 0 Å². The fraction of sp³-hybridized carbons (Fsp3) is 0.900. The first-order valence-electron chi connectivity index (χ1n) is 5.50. The van der Waals surface area contributed by atoms with Gasteiger partial charge in [0.2, 0.25) is 0 Å². The quantitative estimate of drug-likeness (QED) is 0.803. The van der Waals surface area contributed by atoms with Crippen LogP contribution in [0.5, 0.6) is 0 Å². The van der Waals surface area contributed by atoms with Crippen LogP contribution in [0.4, 0.5) is 18.0 Å². The molecule has 0 aromatic rings. The number of alkyl halides is 3. The Kier molecular flexibility index (Phi) is 5.04. The Morgan fingerprint density at radius 2 is 2.00 bits per heavy atom. The van der Waals surface area contributed by atoms with Crippen molar-refractivity contribution in [3.63, 3.8) is 0 Å². The molecule has 1 amide bonds. The van der Waals surface area contributed by atoms with Gasteiger partial charge in [-0.05, 0) is 24.7 Å². The van der Waals surface area contributed by atoms with Crippen molar-refractivity contribution < 1.29 is 27.8 Å². The zero-order valence-corrected chi connectivity index (χ0v) is 9.29. The van der Waals surface area contributed by atoms with Crippen LogP contribution in [0.2, 0.25) is 0 Å². The lowest BCUT2D eigenvalue weighted by atomic mass is 9.97. The number of aliphatic hydroxyl groups excluding tert-OH is 1. The largest absolute Gasteiger partial charge is 0.440 e. The maximum atomic E-state index is 11.7. The molecule has 0 aromatic heterocycles. The van der Waals surface area contributed by atoms with E-state index in [0.717, 1.165) is 19.3 Å². The van der Waals surface area contributed by atoms with Crippen molar-refractivity contribution in [3.05, 3.63) is 0 Å². The molecule has 0 aromatic carbocycles. The monoisotopic (exact) mass is 255 g/mol. The van der Waals surface area contributed by atoms with E-state index in [1.54, 1.807) is 0 Å². The minimum Gasteiger partial charge on any atom is -0.440 e. The maximum Gasteiger partial charge on any atom is 0.422 e. The van der Waals surface area contributed by atoms with Crippen molar-refractivity contribution in [3.8, 4) is 0 Å². The second-order valence-electron chi connectivity index (χ2n) is 4.21. The first-order chi connectivity index (χ1) is 7.92. The van der Waals surface area contributed by atoms with E-state index in [2.05, 4.69) is 10.1 Å². The Morgan fingerprint density at radius 1 is 1.35 bits per heavy atom. The highest BCUT2D eigenvalue weighted by Gasteiger charge is 2.30. The highest BCUT2D eigenvalue weighted by Crippen LogP contribution is 2.30. The number of alkyl carbamates (subject to hydrolysis) is 1. The zero-order valence-electron chi connectivity index (χ0n) is 9.29. The summed E-state index contributed by atoms with van der Waals surface area (Å²) < 4.78 is 39.2. The summed E-state index contributed by atoms with van der Waals surface area (Å²) in [6.45, 7) is -1.28. The van der Waals surface area contributed by atoms with Crippen LogP contribution in [0, 0.1) is 11.8 Å². The van der Waals surface area contributed by atoms with Crippen molar-refractivity contribution in [1.82, 2.24) is 5.32 Å². The molecule has 2 unspecified atom stereocenters.